The third-order valence-electron chi connectivity index (χ3n) is 3.29. The lowest BCUT2D eigenvalue weighted by atomic mass is 10.1. The van der Waals surface area contributed by atoms with Crippen LogP contribution in [0.2, 0.25) is 0 Å². The summed E-state index contributed by atoms with van der Waals surface area (Å²) in [4.78, 5) is 4.60. The largest absolute Gasteiger partial charge is 0.508 e. The molecule has 1 aliphatic rings. The third-order valence-corrected chi connectivity index (χ3v) is 3.29. The van der Waals surface area contributed by atoms with Crippen LogP contribution >= 0.6 is 0 Å². The summed E-state index contributed by atoms with van der Waals surface area (Å²) in [5.41, 5.74) is 7.91. The number of fused-ring (bicyclic) bond motifs is 1. The van der Waals surface area contributed by atoms with Gasteiger partial charge in [-0.15, -0.1) is 0 Å². The van der Waals surface area contributed by atoms with E-state index in [2.05, 4.69) is 10.3 Å². The van der Waals surface area contributed by atoms with Crippen molar-refractivity contribution in [1.29, 1.82) is 0 Å². The van der Waals surface area contributed by atoms with Crippen molar-refractivity contribution in [2.45, 2.75) is 19.4 Å². The van der Waals surface area contributed by atoms with Crippen LogP contribution in [-0.4, -0.2) is 17.0 Å². The fourth-order valence-corrected chi connectivity index (χ4v) is 2.25. The predicted molar refractivity (Wildman–Crippen MR) is 84.4 cm³/mol. The molecule has 3 rings (SSSR count). The number of aromatic hydroxyl groups is 1. The molecule has 1 heterocycles. The molecule has 1 atom stereocenters. The van der Waals surface area contributed by atoms with Gasteiger partial charge in [0.25, 0.3) is 0 Å². The van der Waals surface area contributed by atoms with Gasteiger partial charge < -0.3 is 20.9 Å². The minimum atomic E-state index is -0.150. The van der Waals surface area contributed by atoms with Gasteiger partial charge in [0.1, 0.15) is 23.0 Å². The monoisotopic (exact) mass is 283 g/mol. The summed E-state index contributed by atoms with van der Waals surface area (Å²) < 4.78 is 5.94. The second-order valence-corrected chi connectivity index (χ2v) is 4.91. The van der Waals surface area contributed by atoms with E-state index in [0.717, 1.165) is 17.9 Å². The highest BCUT2D eigenvalue weighted by atomic mass is 16.5. The van der Waals surface area contributed by atoms with Crippen LogP contribution in [0, 0.1) is 0 Å². The zero-order valence-electron chi connectivity index (χ0n) is 11.7. The minimum absolute atomic E-state index is 0.150. The first-order valence-corrected chi connectivity index (χ1v) is 6.86. The van der Waals surface area contributed by atoms with Gasteiger partial charge in [0.05, 0.1) is 0 Å². The molecule has 108 valence electrons. The molecule has 0 aromatic heterocycles. The number of nitrogens with two attached hydrogens (primary N) is 1. The first-order valence-electron chi connectivity index (χ1n) is 6.86. The van der Waals surface area contributed by atoms with Crippen LogP contribution in [0.3, 0.4) is 0 Å². The fourth-order valence-electron chi connectivity index (χ4n) is 2.25. The van der Waals surface area contributed by atoms with E-state index in [1.165, 1.54) is 0 Å². The summed E-state index contributed by atoms with van der Waals surface area (Å²) in [7, 11) is 0. The maximum atomic E-state index is 9.53. The van der Waals surface area contributed by atoms with Crippen molar-refractivity contribution >= 4 is 22.9 Å². The molecule has 1 unspecified atom stereocenters. The number of anilines is 2. The van der Waals surface area contributed by atoms with Crippen molar-refractivity contribution in [2.24, 2.45) is 4.99 Å². The normalized spacial score (nSPS) is 16.6. The smallest absolute Gasteiger partial charge is 0.156 e. The highest BCUT2D eigenvalue weighted by Gasteiger charge is 2.23. The summed E-state index contributed by atoms with van der Waals surface area (Å²) in [6.07, 6.45) is 0.637. The van der Waals surface area contributed by atoms with Gasteiger partial charge in [0.15, 0.2) is 6.10 Å². The van der Waals surface area contributed by atoms with Crippen molar-refractivity contribution in [3.63, 3.8) is 0 Å². The number of aliphatic imine (C=N–C) groups is 1. The standard InChI is InChI=1S/C16H17N3O2/c1-2-14-16(18-11-4-3-5-12(20)9-11)19-13-8-10(17)6-7-15(13)21-14/h3-9,14,20H,2,17H2,1H3,(H,18,19). The Kier molecular flexibility index (Phi) is 3.39. The Balaban J connectivity index is 1.95. The van der Waals surface area contributed by atoms with Crippen molar-refractivity contribution < 1.29 is 9.84 Å². The molecule has 0 amide bonds. The average Bonchev–Trinajstić information content (AvgIpc) is 2.46. The minimum Gasteiger partial charge on any atom is -0.508 e. The van der Waals surface area contributed by atoms with Crippen LogP contribution in [-0.2, 0) is 0 Å². The maximum absolute atomic E-state index is 9.53. The van der Waals surface area contributed by atoms with Gasteiger partial charge in [0.2, 0.25) is 0 Å². The number of rotatable bonds is 2. The van der Waals surface area contributed by atoms with Gasteiger partial charge >= 0.3 is 0 Å². The van der Waals surface area contributed by atoms with Crippen LogP contribution in [0.4, 0.5) is 17.1 Å². The van der Waals surface area contributed by atoms with Crippen LogP contribution in [0.25, 0.3) is 0 Å². The van der Waals surface area contributed by atoms with Crippen LogP contribution in [0.15, 0.2) is 47.5 Å². The quantitative estimate of drug-likeness (QED) is 0.739. The lowest BCUT2D eigenvalue weighted by molar-refractivity contribution is 0.259. The predicted octanol–water partition coefficient (Wildman–Crippen LogP) is 3.29. The first kappa shape index (κ1) is 13.3. The van der Waals surface area contributed by atoms with Crippen molar-refractivity contribution in [3.05, 3.63) is 42.5 Å². The Hall–Kier alpha value is -2.69. The Morgan fingerprint density at radius 1 is 1.29 bits per heavy atom. The van der Waals surface area contributed by atoms with E-state index >= 15 is 0 Å². The number of amidine groups is 1. The average molecular weight is 283 g/mol. The number of ether oxygens (including phenoxy) is 1. The molecular weight excluding hydrogens is 266 g/mol. The highest BCUT2D eigenvalue weighted by molar-refractivity contribution is 6.02. The Bertz CT molecular complexity index is 698. The van der Waals surface area contributed by atoms with Gasteiger partial charge in [-0.25, -0.2) is 4.99 Å². The van der Waals surface area contributed by atoms with Gasteiger partial charge in [-0.2, -0.15) is 0 Å². The molecule has 0 bridgehead atoms. The third kappa shape index (κ3) is 2.76. The zero-order chi connectivity index (χ0) is 14.8. The molecule has 21 heavy (non-hydrogen) atoms. The number of phenols is 1. The lowest BCUT2D eigenvalue weighted by Gasteiger charge is -2.26. The van der Waals surface area contributed by atoms with E-state index in [-0.39, 0.29) is 11.9 Å². The molecule has 5 nitrogen and oxygen atoms in total. The first-order chi connectivity index (χ1) is 10.2. The fraction of sp³-hybridized carbons (Fsp3) is 0.188. The van der Waals surface area contributed by atoms with Crippen molar-refractivity contribution in [2.75, 3.05) is 11.1 Å². The van der Waals surface area contributed by atoms with E-state index in [4.69, 9.17) is 10.5 Å². The maximum Gasteiger partial charge on any atom is 0.156 e. The van der Waals surface area contributed by atoms with Gasteiger partial charge in [0, 0.05) is 17.4 Å². The molecule has 0 spiro atoms. The van der Waals surface area contributed by atoms with E-state index in [0.29, 0.717) is 17.2 Å². The van der Waals surface area contributed by atoms with Gasteiger partial charge in [-0.1, -0.05) is 13.0 Å². The number of hydrogen-bond donors (Lipinski definition) is 3. The van der Waals surface area contributed by atoms with Gasteiger partial charge in [-0.3, -0.25) is 0 Å². The number of benzene rings is 2. The molecule has 4 N–H and O–H groups in total. The second kappa shape index (κ2) is 5.36. The summed E-state index contributed by atoms with van der Waals surface area (Å²) >= 11 is 0. The van der Waals surface area contributed by atoms with Crippen molar-refractivity contribution in [1.82, 2.24) is 0 Å². The topological polar surface area (TPSA) is 79.9 Å². The molecule has 1 aliphatic heterocycles. The number of nitrogen functional groups attached to an aromatic ring is 1. The van der Waals surface area contributed by atoms with E-state index in [1.54, 1.807) is 30.3 Å². The van der Waals surface area contributed by atoms with Crippen molar-refractivity contribution in [3.8, 4) is 11.5 Å². The summed E-state index contributed by atoms with van der Waals surface area (Å²) in [5, 5.41) is 12.7. The summed E-state index contributed by atoms with van der Waals surface area (Å²) in [5.74, 6) is 1.65. The molecule has 0 saturated heterocycles. The Morgan fingerprint density at radius 2 is 2.14 bits per heavy atom. The summed E-state index contributed by atoms with van der Waals surface area (Å²) in [6.45, 7) is 2.03. The summed E-state index contributed by atoms with van der Waals surface area (Å²) in [6, 6.07) is 12.3. The Morgan fingerprint density at radius 3 is 2.90 bits per heavy atom. The highest BCUT2D eigenvalue weighted by Crippen LogP contribution is 2.35. The van der Waals surface area contributed by atoms with Gasteiger partial charge in [-0.05, 0) is 36.8 Å². The van der Waals surface area contributed by atoms with E-state index < -0.39 is 0 Å². The van der Waals surface area contributed by atoms with Crippen LogP contribution < -0.4 is 15.8 Å². The molecule has 0 aliphatic carbocycles. The second-order valence-electron chi connectivity index (χ2n) is 4.91. The lowest BCUT2D eigenvalue weighted by Crippen LogP contribution is -2.34. The molecule has 0 fully saturated rings. The van der Waals surface area contributed by atoms with E-state index in [1.807, 2.05) is 19.1 Å². The van der Waals surface area contributed by atoms with Crippen LogP contribution in [0.1, 0.15) is 13.3 Å². The number of nitrogens with zero attached hydrogens (tertiary/aromatic N) is 1. The molecular formula is C16H17N3O2. The molecule has 2 aromatic rings. The molecule has 0 saturated carbocycles. The Labute approximate surface area is 123 Å². The SMILES string of the molecule is CCC1Oc2ccc(N)cc2N=C1Nc1cccc(O)c1. The molecule has 0 radical (unpaired) electrons. The number of phenolic OH excluding ortho intramolecular Hbond substituents is 1. The number of nitrogens with one attached hydrogen (secondary N) is 1. The molecule has 5 heteroatoms. The van der Waals surface area contributed by atoms with E-state index in [9.17, 15) is 5.11 Å². The number of hydrogen-bond acceptors (Lipinski definition) is 5. The zero-order valence-corrected chi connectivity index (χ0v) is 11.7. The molecule has 2 aromatic carbocycles. The van der Waals surface area contributed by atoms with Crippen LogP contribution in [0.5, 0.6) is 11.5 Å².